The molecule has 0 saturated carbocycles. The predicted octanol–water partition coefficient (Wildman–Crippen LogP) is -0.407. The topological polar surface area (TPSA) is 89.3 Å². The van der Waals surface area contributed by atoms with Crippen LogP contribution in [-0.2, 0) is 14.4 Å². The van der Waals surface area contributed by atoms with Gasteiger partial charge in [-0.2, -0.15) is 0 Å². The van der Waals surface area contributed by atoms with E-state index in [0.29, 0.717) is 0 Å². The first-order valence-electron chi connectivity index (χ1n) is 4.51. The van der Waals surface area contributed by atoms with Crippen molar-refractivity contribution < 1.29 is 14.4 Å². The lowest BCUT2D eigenvalue weighted by Gasteiger charge is -2.05. The number of rotatable bonds is 6. The molecular weight excluding hydrogens is 184 g/mol. The van der Waals surface area contributed by atoms with Crippen LogP contribution in [-0.4, -0.2) is 24.1 Å². The lowest BCUT2D eigenvalue weighted by Crippen LogP contribution is -2.32. The van der Waals surface area contributed by atoms with Crippen molar-refractivity contribution >= 4 is 17.6 Å². The Hall–Kier alpha value is -1.39. The van der Waals surface area contributed by atoms with Crippen molar-refractivity contribution in [1.29, 1.82) is 0 Å². The second-order valence-electron chi connectivity index (χ2n) is 3.36. The highest BCUT2D eigenvalue weighted by molar-refractivity contribution is 5.88. The molecule has 5 nitrogen and oxygen atoms in total. The highest BCUT2D eigenvalue weighted by atomic mass is 16.2. The summed E-state index contributed by atoms with van der Waals surface area (Å²) in [7, 11) is 0. The molecule has 0 fully saturated rings. The summed E-state index contributed by atoms with van der Waals surface area (Å²) in [6.07, 6.45) is 0.0579. The number of nitrogens with one attached hydrogen (secondary N) is 1. The van der Waals surface area contributed by atoms with Crippen LogP contribution in [0.5, 0.6) is 0 Å². The standard InChI is InChI=1S/C9H16N2O3/c1-6(2)7(12)5-11-9(14)4-3-8(10)13/h6H,3-5H2,1-2H3,(H2,10,13)(H,11,14). The van der Waals surface area contributed by atoms with E-state index in [-0.39, 0.29) is 37.0 Å². The van der Waals surface area contributed by atoms with Crippen LogP contribution in [0, 0.1) is 5.92 Å². The van der Waals surface area contributed by atoms with Crippen molar-refractivity contribution in [3.63, 3.8) is 0 Å². The second kappa shape index (κ2) is 6.12. The molecule has 0 spiro atoms. The van der Waals surface area contributed by atoms with Gasteiger partial charge in [-0.05, 0) is 0 Å². The molecule has 0 aliphatic heterocycles. The zero-order valence-corrected chi connectivity index (χ0v) is 8.50. The van der Waals surface area contributed by atoms with Gasteiger partial charge in [-0.3, -0.25) is 14.4 Å². The SMILES string of the molecule is CC(C)C(=O)CNC(=O)CCC(N)=O. The number of amides is 2. The van der Waals surface area contributed by atoms with E-state index in [1.807, 2.05) is 0 Å². The molecule has 0 aromatic carbocycles. The van der Waals surface area contributed by atoms with Crippen LogP contribution in [0.2, 0.25) is 0 Å². The smallest absolute Gasteiger partial charge is 0.220 e. The van der Waals surface area contributed by atoms with E-state index in [1.165, 1.54) is 0 Å². The molecule has 3 N–H and O–H groups in total. The molecule has 0 aliphatic rings. The number of Topliss-reactive ketones (excluding diaryl/α,β-unsaturated/α-hetero) is 1. The third kappa shape index (κ3) is 6.16. The predicted molar refractivity (Wildman–Crippen MR) is 51.3 cm³/mol. The maximum atomic E-state index is 11.1. The van der Waals surface area contributed by atoms with Crippen LogP contribution in [0.25, 0.3) is 0 Å². The van der Waals surface area contributed by atoms with Gasteiger partial charge >= 0.3 is 0 Å². The maximum absolute atomic E-state index is 11.1. The Morgan fingerprint density at radius 1 is 1.21 bits per heavy atom. The summed E-state index contributed by atoms with van der Waals surface area (Å²) in [5, 5.41) is 2.42. The van der Waals surface area contributed by atoms with Crippen molar-refractivity contribution in [2.45, 2.75) is 26.7 Å². The average Bonchev–Trinajstić information content (AvgIpc) is 2.10. The molecule has 0 rings (SSSR count). The van der Waals surface area contributed by atoms with Crippen LogP contribution in [0.15, 0.2) is 0 Å². The van der Waals surface area contributed by atoms with E-state index in [9.17, 15) is 14.4 Å². The van der Waals surface area contributed by atoms with Crippen molar-refractivity contribution in [2.75, 3.05) is 6.54 Å². The Labute approximate surface area is 83.0 Å². The van der Waals surface area contributed by atoms with Crippen LogP contribution in [0.3, 0.4) is 0 Å². The molecule has 0 atom stereocenters. The molecule has 0 radical (unpaired) electrons. The number of carbonyl (C=O) groups is 3. The van der Waals surface area contributed by atoms with Crippen LogP contribution in [0.4, 0.5) is 0 Å². The fourth-order valence-electron chi connectivity index (χ4n) is 0.715. The number of hydrogen-bond acceptors (Lipinski definition) is 3. The molecule has 80 valence electrons. The molecule has 0 saturated heterocycles. The highest BCUT2D eigenvalue weighted by Gasteiger charge is 2.09. The van der Waals surface area contributed by atoms with Gasteiger partial charge in [-0.15, -0.1) is 0 Å². The normalized spacial score (nSPS) is 9.93. The van der Waals surface area contributed by atoms with Gasteiger partial charge < -0.3 is 11.1 Å². The summed E-state index contributed by atoms with van der Waals surface area (Å²) in [5.74, 6) is -0.961. The van der Waals surface area contributed by atoms with E-state index in [4.69, 9.17) is 5.73 Å². The maximum Gasteiger partial charge on any atom is 0.220 e. The molecule has 0 bridgehead atoms. The first kappa shape index (κ1) is 12.6. The molecular formula is C9H16N2O3. The minimum Gasteiger partial charge on any atom is -0.370 e. The van der Waals surface area contributed by atoms with Crippen molar-refractivity contribution in [3.8, 4) is 0 Å². The molecule has 14 heavy (non-hydrogen) atoms. The van der Waals surface area contributed by atoms with E-state index >= 15 is 0 Å². The molecule has 0 aromatic heterocycles. The zero-order chi connectivity index (χ0) is 11.1. The van der Waals surface area contributed by atoms with E-state index in [0.717, 1.165) is 0 Å². The molecule has 0 aliphatic carbocycles. The van der Waals surface area contributed by atoms with Crippen LogP contribution >= 0.6 is 0 Å². The number of primary amides is 1. The van der Waals surface area contributed by atoms with Crippen LogP contribution < -0.4 is 11.1 Å². The summed E-state index contributed by atoms with van der Waals surface area (Å²) in [6.45, 7) is 3.55. The number of hydrogen-bond donors (Lipinski definition) is 2. The third-order valence-corrected chi connectivity index (χ3v) is 1.70. The number of ketones is 1. The Morgan fingerprint density at radius 2 is 1.79 bits per heavy atom. The van der Waals surface area contributed by atoms with Gasteiger partial charge in [0, 0.05) is 18.8 Å². The van der Waals surface area contributed by atoms with Crippen molar-refractivity contribution in [1.82, 2.24) is 5.32 Å². The molecule has 5 heteroatoms. The lowest BCUT2D eigenvalue weighted by molar-refractivity contribution is -0.127. The van der Waals surface area contributed by atoms with Gasteiger partial charge in [0.05, 0.1) is 6.54 Å². The Bertz CT molecular complexity index is 236. The average molecular weight is 200 g/mol. The fraction of sp³-hybridized carbons (Fsp3) is 0.667. The number of nitrogens with two attached hydrogens (primary N) is 1. The summed E-state index contributed by atoms with van der Waals surface area (Å²) in [5.41, 5.74) is 4.86. The Kier molecular flexibility index (Phi) is 5.52. The monoisotopic (exact) mass is 200 g/mol. The first-order valence-corrected chi connectivity index (χ1v) is 4.51. The molecule has 0 heterocycles. The van der Waals surface area contributed by atoms with Gasteiger partial charge in [0.2, 0.25) is 11.8 Å². The largest absolute Gasteiger partial charge is 0.370 e. The zero-order valence-electron chi connectivity index (χ0n) is 8.50. The van der Waals surface area contributed by atoms with Gasteiger partial charge in [0.1, 0.15) is 0 Å². The van der Waals surface area contributed by atoms with Gasteiger partial charge in [-0.1, -0.05) is 13.8 Å². The molecule has 0 aromatic rings. The molecule has 2 amide bonds. The van der Waals surface area contributed by atoms with Gasteiger partial charge in [0.25, 0.3) is 0 Å². The summed E-state index contributed by atoms with van der Waals surface area (Å²) in [6, 6.07) is 0. The summed E-state index contributed by atoms with van der Waals surface area (Å²) in [4.78, 5) is 32.4. The lowest BCUT2D eigenvalue weighted by atomic mass is 10.1. The quantitative estimate of drug-likeness (QED) is 0.611. The van der Waals surface area contributed by atoms with Crippen LogP contribution in [0.1, 0.15) is 26.7 Å². The van der Waals surface area contributed by atoms with E-state index in [2.05, 4.69) is 5.32 Å². The van der Waals surface area contributed by atoms with E-state index in [1.54, 1.807) is 13.8 Å². The minimum atomic E-state index is -0.518. The van der Waals surface area contributed by atoms with Gasteiger partial charge in [-0.25, -0.2) is 0 Å². The fourth-order valence-corrected chi connectivity index (χ4v) is 0.715. The van der Waals surface area contributed by atoms with Gasteiger partial charge in [0.15, 0.2) is 5.78 Å². The minimum absolute atomic E-state index is 0.0156. The third-order valence-electron chi connectivity index (χ3n) is 1.70. The highest BCUT2D eigenvalue weighted by Crippen LogP contribution is 1.93. The summed E-state index contributed by atoms with van der Waals surface area (Å²) >= 11 is 0. The Balaban J connectivity index is 3.64. The Morgan fingerprint density at radius 3 is 2.21 bits per heavy atom. The first-order chi connectivity index (χ1) is 6.43. The van der Waals surface area contributed by atoms with Crippen molar-refractivity contribution in [2.24, 2.45) is 11.7 Å². The van der Waals surface area contributed by atoms with E-state index < -0.39 is 5.91 Å². The number of carbonyl (C=O) groups excluding carboxylic acids is 3. The summed E-state index contributed by atoms with van der Waals surface area (Å²) < 4.78 is 0. The molecule has 0 unspecified atom stereocenters. The second-order valence-corrected chi connectivity index (χ2v) is 3.36. The van der Waals surface area contributed by atoms with Crippen molar-refractivity contribution in [3.05, 3.63) is 0 Å².